The highest BCUT2D eigenvalue weighted by Crippen LogP contribution is 2.33. The molecule has 7 heteroatoms. The van der Waals surface area contributed by atoms with Gasteiger partial charge in [0.2, 0.25) is 0 Å². The van der Waals surface area contributed by atoms with Crippen LogP contribution in [-0.4, -0.2) is 37.2 Å². The predicted octanol–water partition coefficient (Wildman–Crippen LogP) is 15.5. The van der Waals surface area contributed by atoms with E-state index in [1.165, 1.54) is 108 Å². The average Bonchev–Trinajstić information content (AvgIpc) is 3.30. The van der Waals surface area contributed by atoms with Crippen molar-refractivity contribution in [2.45, 2.75) is 179 Å². The van der Waals surface area contributed by atoms with Gasteiger partial charge in [-0.3, -0.25) is 0 Å². The smallest absolute Gasteiger partial charge is 0.152 e. The molecule has 3 aromatic heterocycles. The third-order valence-corrected chi connectivity index (χ3v) is 12.1. The van der Waals surface area contributed by atoms with E-state index in [1.807, 2.05) is 20.8 Å². The van der Waals surface area contributed by atoms with Crippen LogP contribution < -0.4 is 4.74 Å². The molecule has 0 spiro atoms. The Labute approximate surface area is 393 Å². The molecule has 6 aromatic rings. The molecule has 3 aromatic carbocycles. The highest BCUT2D eigenvalue weighted by molar-refractivity contribution is 5.68. The molecule has 0 aliphatic heterocycles. The first-order valence-corrected chi connectivity index (χ1v) is 24.8. The number of benzene rings is 3. The molecule has 0 amide bonds. The summed E-state index contributed by atoms with van der Waals surface area (Å²) in [7, 11) is 0. The van der Waals surface area contributed by atoms with Gasteiger partial charge >= 0.3 is 0 Å². The van der Waals surface area contributed by atoms with Crippen LogP contribution in [0.2, 0.25) is 0 Å². The number of aryl methyl sites for hydroxylation is 8. The van der Waals surface area contributed by atoms with Crippen molar-refractivity contribution in [3.63, 3.8) is 0 Å². The van der Waals surface area contributed by atoms with Crippen molar-refractivity contribution in [3.05, 3.63) is 134 Å². The number of hydrogen-bond donors (Lipinski definition) is 0. The normalized spacial score (nSPS) is 10.8. The first kappa shape index (κ1) is 52.3. The molecule has 0 saturated heterocycles. The van der Waals surface area contributed by atoms with Crippen molar-refractivity contribution in [3.8, 4) is 39.5 Å². The lowest BCUT2D eigenvalue weighted by atomic mass is 9.91. The minimum absolute atomic E-state index is 0.699. The summed E-state index contributed by atoms with van der Waals surface area (Å²) in [4.78, 5) is 0. The molecule has 0 aliphatic carbocycles. The Morgan fingerprint density at radius 1 is 0.431 bits per heavy atom. The molecular weight excluding hydrogens is 797 g/mol. The van der Waals surface area contributed by atoms with Gasteiger partial charge in [-0.05, 0) is 139 Å². The highest BCUT2D eigenvalue weighted by Gasteiger charge is 2.16. The SMILES string of the molecule is CCCCCCc1cc(-c2ccc(C)nn2)c(CCCCCC)cc1C.CCCOc1c(-c2ccc(C)cc2)nnc(C)c1C.CCCc1c(C)nnc(-c2ccc(C)cc2)c1CCC. The zero-order valence-corrected chi connectivity index (χ0v) is 42.3. The number of aromatic nitrogens is 6. The standard InChI is InChI=1S/C24H36N2.C18H24N2.C16H20N2O/c1-5-7-9-11-13-21-18-23(24-16-15-20(4)25-26-24)22(17-19(21)3)14-12-10-8-6-2;1-5-7-16-14(4)19-20-18(17(16)8-6-2)15-11-9-13(3)10-12-15;1-5-10-19-16-12(3)13(4)17-18-15(16)14-8-6-11(2)7-9-14/h15-18H,5-14H2,1-4H3;9-12H,5-8H2,1-4H3;6-9H,5,10H2,1-4H3. The lowest BCUT2D eigenvalue weighted by Gasteiger charge is -2.15. The fourth-order valence-corrected chi connectivity index (χ4v) is 8.07. The molecule has 65 heavy (non-hydrogen) atoms. The third-order valence-electron chi connectivity index (χ3n) is 12.1. The van der Waals surface area contributed by atoms with Crippen molar-refractivity contribution in [1.29, 1.82) is 0 Å². The Morgan fingerprint density at radius 2 is 0.985 bits per heavy atom. The minimum atomic E-state index is 0.699. The molecule has 0 saturated carbocycles. The Kier molecular flexibility index (Phi) is 22.5. The maximum atomic E-state index is 5.88. The van der Waals surface area contributed by atoms with E-state index in [4.69, 9.17) is 4.74 Å². The number of unbranched alkanes of at least 4 members (excludes halogenated alkanes) is 6. The third kappa shape index (κ3) is 16.0. The lowest BCUT2D eigenvalue weighted by molar-refractivity contribution is 0.314. The number of rotatable bonds is 20. The molecule has 0 N–H and O–H groups in total. The average molecular weight is 877 g/mol. The topological polar surface area (TPSA) is 86.6 Å². The molecule has 0 aliphatic rings. The van der Waals surface area contributed by atoms with Gasteiger partial charge in [0, 0.05) is 22.3 Å². The molecule has 7 nitrogen and oxygen atoms in total. The predicted molar refractivity (Wildman–Crippen MR) is 275 cm³/mol. The monoisotopic (exact) mass is 877 g/mol. The zero-order chi connectivity index (χ0) is 47.1. The van der Waals surface area contributed by atoms with Gasteiger partial charge in [-0.25, -0.2) is 0 Å². The van der Waals surface area contributed by atoms with Crippen molar-refractivity contribution in [2.24, 2.45) is 0 Å². The van der Waals surface area contributed by atoms with Crippen molar-refractivity contribution >= 4 is 0 Å². The highest BCUT2D eigenvalue weighted by atomic mass is 16.5. The van der Waals surface area contributed by atoms with E-state index in [9.17, 15) is 0 Å². The fourth-order valence-electron chi connectivity index (χ4n) is 8.07. The summed E-state index contributed by atoms with van der Waals surface area (Å²) in [6, 6.07) is 25.9. The van der Waals surface area contributed by atoms with Crippen LogP contribution >= 0.6 is 0 Å². The zero-order valence-electron chi connectivity index (χ0n) is 42.3. The molecule has 0 fully saturated rings. The second-order valence-corrected chi connectivity index (χ2v) is 17.9. The first-order valence-electron chi connectivity index (χ1n) is 24.8. The molecule has 0 bridgehead atoms. The van der Waals surface area contributed by atoms with Gasteiger partial charge in [0.15, 0.2) is 5.75 Å². The molecule has 0 atom stereocenters. The van der Waals surface area contributed by atoms with Crippen LogP contribution in [-0.2, 0) is 25.7 Å². The summed E-state index contributed by atoms with van der Waals surface area (Å²) in [5, 5.41) is 26.2. The van der Waals surface area contributed by atoms with E-state index < -0.39 is 0 Å². The van der Waals surface area contributed by atoms with Gasteiger partial charge in [0.05, 0.1) is 35.1 Å². The Hall–Kier alpha value is -5.30. The lowest BCUT2D eigenvalue weighted by Crippen LogP contribution is -2.06. The van der Waals surface area contributed by atoms with E-state index in [1.54, 1.807) is 0 Å². The maximum absolute atomic E-state index is 5.88. The van der Waals surface area contributed by atoms with Crippen LogP contribution in [0.4, 0.5) is 0 Å². The summed E-state index contributed by atoms with van der Waals surface area (Å²) in [5.74, 6) is 0.859. The Morgan fingerprint density at radius 3 is 1.54 bits per heavy atom. The van der Waals surface area contributed by atoms with Gasteiger partial charge in [-0.2, -0.15) is 20.4 Å². The number of nitrogens with zero attached hydrogens (tertiary/aromatic N) is 6. The van der Waals surface area contributed by atoms with E-state index in [0.717, 1.165) is 89.6 Å². The van der Waals surface area contributed by atoms with Gasteiger partial charge in [-0.15, -0.1) is 10.2 Å². The van der Waals surface area contributed by atoms with Gasteiger partial charge in [-0.1, -0.05) is 152 Å². The van der Waals surface area contributed by atoms with Crippen LogP contribution in [0.3, 0.4) is 0 Å². The van der Waals surface area contributed by atoms with Gasteiger partial charge in [0.25, 0.3) is 0 Å². The van der Waals surface area contributed by atoms with Gasteiger partial charge in [0.1, 0.15) is 5.69 Å². The molecule has 348 valence electrons. The van der Waals surface area contributed by atoms with E-state index in [-0.39, 0.29) is 0 Å². The van der Waals surface area contributed by atoms with Crippen LogP contribution in [0.25, 0.3) is 33.8 Å². The summed E-state index contributed by atoms with van der Waals surface area (Å²) < 4.78 is 5.88. The number of hydrogen-bond acceptors (Lipinski definition) is 7. The fraction of sp³-hybridized carbons (Fsp3) is 0.483. The van der Waals surface area contributed by atoms with Crippen molar-refractivity contribution in [2.75, 3.05) is 6.61 Å². The van der Waals surface area contributed by atoms with E-state index in [2.05, 4.69) is 166 Å². The van der Waals surface area contributed by atoms with E-state index >= 15 is 0 Å². The second-order valence-electron chi connectivity index (χ2n) is 17.9. The molecule has 3 heterocycles. The van der Waals surface area contributed by atoms with Crippen LogP contribution in [0.1, 0.15) is 167 Å². The van der Waals surface area contributed by atoms with E-state index in [0.29, 0.717) is 6.61 Å². The van der Waals surface area contributed by atoms with Crippen molar-refractivity contribution < 1.29 is 4.74 Å². The van der Waals surface area contributed by atoms with Crippen molar-refractivity contribution in [1.82, 2.24) is 30.6 Å². The maximum Gasteiger partial charge on any atom is 0.152 e. The Balaban J connectivity index is 0.000000217. The largest absolute Gasteiger partial charge is 0.491 e. The summed E-state index contributed by atoms with van der Waals surface area (Å²) >= 11 is 0. The minimum Gasteiger partial charge on any atom is -0.491 e. The molecule has 0 unspecified atom stereocenters. The molecule has 0 radical (unpaired) electrons. The van der Waals surface area contributed by atoms with Crippen LogP contribution in [0.5, 0.6) is 5.75 Å². The molecule has 6 rings (SSSR count). The first-order chi connectivity index (χ1) is 31.4. The number of ether oxygens (including phenoxy) is 1. The molecular formula is C58H80N6O. The van der Waals surface area contributed by atoms with Gasteiger partial charge < -0.3 is 4.74 Å². The Bertz CT molecular complexity index is 2320. The summed E-state index contributed by atoms with van der Waals surface area (Å²) in [6.07, 6.45) is 18.2. The summed E-state index contributed by atoms with van der Waals surface area (Å²) in [5.41, 5.74) is 20.2. The van der Waals surface area contributed by atoms with Crippen LogP contribution in [0, 0.1) is 48.5 Å². The summed E-state index contributed by atoms with van der Waals surface area (Å²) in [6.45, 7) is 26.3. The van der Waals surface area contributed by atoms with Crippen LogP contribution in [0.15, 0.2) is 72.8 Å². The quantitative estimate of drug-likeness (QED) is 0.0706. The second kappa shape index (κ2) is 27.9.